The molecule has 0 aromatic heterocycles. The molecule has 0 atom stereocenters. The highest BCUT2D eigenvalue weighted by molar-refractivity contribution is 7.72. The molecule has 0 aliphatic carbocycles. The van der Waals surface area contributed by atoms with Gasteiger partial charge in [-0.2, -0.15) is 0 Å². The maximum Gasteiger partial charge on any atom is 0.510 e. The maximum absolute atomic E-state index is 11.6. The van der Waals surface area contributed by atoms with Gasteiger partial charge in [-0.05, 0) is 32.4 Å². The van der Waals surface area contributed by atoms with Gasteiger partial charge in [-0.25, -0.2) is 4.79 Å². The third-order valence-corrected chi connectivity index (χ3v) is 6.40. The van der Waals surface area contributed by atoms with Crippen molar-refractivity contribution in [1.29, 1.82) is 0 Å². The lowest BCUT2D eigenvalue weighted by Gasteiger charge is -2.34. The smallest absolute Gasteiger partial charge is 0.429 e. The first-order chi connectivity index (χ1) is 9.52. The highest BCUT2D eigenvalue weighted by atomic mass is 35.5. The summed E-state index contributed by atoms with van der Waals surface area (Å²) in [7, 11) is -11.4. The van der Waals surface area contributed by atoms with Gasteiger partial charge in [0.25, 0.3) is 0 Å². The van der Waals surface area contributed by atoms with Crippen LogP contribution in [0.4, 0.5) is 4.79 Å². The molecule has 0 radical (unpaired) electrons. The average Bonchev–Trinajstić information content (AvgIpc) is 2.17. The quantitative estimate of drug-likeness (QED) is 0.300. The Morgan fingerprint density at radius 2 is 1.41 bits per heavy atom. The molecule has 0 saturated heterocycles. The van der Waals surface area contributed by atoms with E-state index in [4.69, 9.17) is 11.6 Å². The van der Waals surface area contributed by atoms with Crippen LogP contribution < -0.4 is 0 Å². The average molecular weight is 383 g/mol. The second-order valence-corrected chi connectivity index (χ2v) is 9.65. The number of hydrogen-bond acceptors (Lipinski definition) is 6. The van der Waals surface area contributed by atoms with Crippen LogP contribution in [0.25, 0.3) is 0 Å². The summed E-state index contributed by atoms with van der Waals surface area (Å²) < 4.78 is 32.0. The third kappa shape index (κ3) is 5.96. The monoisotopic (exact) mass is 382 g/mol. The minimum atomic E-state index is -5.70. The number of hydrogen-bond donors (Lipinski definition) is 4. The van der Waals surface area contributed by atoms with Crippen LogP contribution >= 0.6 is 26.8 Å². The SMILES string of the molecule is CC(C)(C)OC(=O)OC(CCC(=O)Cl)(P(=O)(O)O)P(=O)(O)O. The van der Waals surface area contributed by atoms with Crippen molar-refractivity contribution in [3.05, 3.63) is 0 Å². The van der Waals surface area contributed by atoms with E-state index in [1.165, 1.54) is 20.8 Å². The number of carbonyl (C=O) groups excluding carboxylic acids is 2. The first-order valence-corrected chi connectivity index (χ1v) is 9.34. The fourth-order valence-corrected chi connectivity index (χ4v) is 3.94. The van der Waals surface area contributed by atoms with Gasteiger partial charge in [0, 0.05) is 12.8 Å². The highest BCUT2D eigenvalue weighted by Crippen LogP contribution is 2.71. The number of carbonyl (C=O) groups is 2. The molecule has 4 N–H and O–H groups in total. The van der Waals surface area contributed by atoms with Gasteiger partial charge in [0.2, 0.25) is 5.24 Å². The molecule has 0 aromatic carbocycles. The van der Waals surface area contributed by atoms with Crippen molar-refractivity contribution in [2.24, 2.45) is 0 Å². The lowest BCUT2D eigenvalue weighted by Crippen LogP contribution is -2.37. The zero-order valence-electron chi connectivity index (χ0n) is 11.9. The van der Waals surface area contributed by atoms with Crippen molar-refractivity contribution in [2.45, 2.75) is 44.3 Å². The summed E-state index contributed by atoms with van der Waals surface area (Å²) in [5, 5.41) is -4.67. The van der Waals surface area contributed by atoms with Gasteiger partial charge < -0.3 is 29.0 Å². The molecule has 0 aromatic rings. The van der Waals surface area contributed by atoms with Gasteiger partial charge >= 0.3 is 26.4 Å². The lowest BCUT2D eigenvalue weighted by atomic mass is 10.2. The summed E-state index contributed by atoms with van der Waals surface area (Å²) in [4.78, 5) is 59.3. The molecule has 22 heavy (non-hydrogen) atoms. The van der Waals surface area contributed by atoms with Crippen molar-refractivity contribution >= 4 is 38.2 Å². The summed E-state index contributed by atoms with van der Waals surface area (Å²) in [5.41, 5.74) is -1.14. The number of halogens is 1. The van der Waals surface area contributed by atoms with Crippen LogP contribution in [-0.4, -0.2) is 41.7 Å². The van der Waals surface area contributed by atoms with E-state index in [0.717, 1.165) is 0 Å². The van der Waals surface area contributed by atoms with Gasteiger partial charge in [0.1, 0.15) is 5.60 Å². The summed E-state index contributed by atoms with van der Waals surface area (Å²) in [6, 6.07) is 0. The summed E-state index contributed by atoms with van der Waals surface area (Å²) in [6.07, 6.45) is -3.73. The van der Waals surface area contributed by atoms with Crippen LogP contribution in [0.1, 0.15) is 33.6 Å². The molecule has 130 valence electrons. The zero-order chi connectivity index (χ0) is 18.0. The Morgan fingerprint density at radius 1 is 1.00 bits per heavy atom. The Kier molecular flexibility index (Phi) is 6.82. The molecular formula is C9H17ClO10P2. The molecule has 13 heteroatoms. The van der Waals surface area contributed by atoms with Crippen molar-refractivity contribution in [3.8, 4) is 0 Å². The predicted octanol–water partition coefficient (Wildman–Crippen LogP) is 1.49. The van der Waals surface area contributed by atoms with Gasteiger partial charge in [-0.3, -0.25) is 13.9 Å². The minimum Gasteiger partial charge on any atom is -0.429 e. The molecule has 0 fully saturated rings. The second-order valence-electron chi connectivity index (χ2n) is 5.25. The molecule has 0 rings (SSSR count). The molecule has 0 aliphatic rings. The summed E-state index contributed by atoms with van der Waals surface area (Å²) in [5.74, 6) is 0. The molecule has 0 saturated carbocycles. The van der Waals surface area contributed by atoms with Gasteiger partial charge in [0.05, 0.1) is 0 Å². The van der Waals surface area contributed by atoms with Crippen molar-refractivity contribution in [3.63, 3.8) is 0 Å². The van der Waals surface area contributed by atoms with E-state index in [1.807, 2.05) is 0 Å². The van der Waals surface area contributed by atoms with Gasteiger partial charge in [0.15, 0.2) is 0 Å². The molecule has 0 unspecified atom stereocenters. The van der Waals surface area contributed by atoms with Crippen molar-refractivity contribution in [1.82, 2.24) is 0 Å². The van der Waals surface area contributed by atoms with E-state index in [9.17, 15) is 38.3 Å². The first kappa shape index (κ1) is 21.5. The number of rotatable bonds is 6. The zero-order valence-corrected chi connectivity index (χ0v) is 14.5. The third-order valence-electron chi connectivity index (χ3n) is 2.19. The van der Waals surface area contributed by atoms with Gasteiger partial charge in [-0.15, -0.1) is 0 Å². The Bertz CT molecular complexity index is 505. The van der Waals surface area contributed by atoms with E-state index < -0.39 is 50.1 Å². The van der Waals surface area contributed by atoms with Crippen LogP contribution in [0.2, 0.25) is 0 Å². The van der Waals surface area contributed by atoms with E-state index >= 15 is 0 Å². The fraction of sp³-hybridized carbons (Fsp3) is 0.778. The first-order valence-electron chi connectivity index (χ1n) is 5.73. The largest absolute Gasteiger partial charge is 0.510 e. The van der Waals surface area contributed by atoms with Crippen LogP contribution in [-0.2, 0) is 23.4 Å². The van der Waals surface area contributed by atoms with Gasteiger partial charge in [-0.1, -0.05) is 0 Å². The van der Waals surface area contributed by atoms with Crippen LogP contribution in [0.15, 0.2) is 0 Å². The summed E-state index contributed by atoms with van der Waals surface area (Å²) >= 11 is 5.01. The Morgan fingerprint density at radius 3 is 1.68 bits per heavy atom. The molecule has 0 heterocycles. The van der Waals surface area contributed by atoms with E-state index in [-0.39, 0.29) is 0 Å². The van der Waals surface area contributed by atoms with Crippen LogP contribution in [0.3, 0.4) is 0 Å². The standard InChI is InChI=1S/C9H17ClO10P2/c1-8(2,3)19-7(12)20-9(21(13,14)15,22(16,17)18)5-4-6(10)11/h4-5H2,1-3H3,(H2,13,14,15)(H2,16,17,18). The topological polar surface area (TPSA) is 168 Å². The number of ether oxygens (including phenoxy) is 2. The van der Waals surface area contributed by atoms with Crippen molar-refractivity contribution < 1.29 is 47.8 Å². The van der Waals surface area contributed by atoms with E-state index in [2.05, 4.69) is 9.47 Å². The normalized spacial score (nSPS) is 13.6. The Labute approximate surface area is 131 Å². The van der Waals surface area contributed by atoms with E-state index in [0.29, 0.717) is 0 Å². The Balaban J connectivity index is 5.76. The molecule has 0 aliphatic heterocycles. The highest BCUT2D eigenvalue weighted by Gasteiger charge is 2.64. The molecule has 10 nitrogen and oxygen atoms in total. The predicted molar refractivity (Wildman–Crippen MR) is 74.2 cm³/mol. The molecular weight excluding hydrogens is 365 g/mol. The molecule has 0 spiro atoms. The van der Waals surface area contributed by atoms with Crippen LogP contribution in [0.5, 0.6) is 0 Å². The maximum atomic E-state index is 11.6. The lowest BCUT2D eigenvalue weighted by molar-refractivity contribution is -0.112. The minimum absolute atomic E-state index is 0.847. The van der Waals surface area contributed by atoms with Crippen LogP contribution in [0, 0.1) is 0 Å². The fourth-order valence-electron chi connectivity index (χ4n) is 1.30. The summed E-state index contributed by atoms with van der Waals surface area (Å²) in [6.45, 7) is 4.19. The van der Waals surface area contributed by atoms with Crippen molar-refractivity contribution in [2.75, 3.05) is 0 Å². The van der Waals surface area contributed by atoms with E-state index in [1.54, 1.807) is 0 Å². The molecule has 0 amide bonds. The Hall–Kier alpha value is -0.470. The second kappa shape index (κ2) is 6.97. The molecule has 0 bridgehead atoms.